The van der Waals surface area contributed by atoms with E-state index >= 15 is 0 Å². The van der Waals surface area contributed by atoms with Gasteiger partial charge in [0.05, 0.1) is 0 Å². The van der Waals surface area contributed by atoms with Gasteiger partial charge in [-0.1, -0.05) is 25.4 Å². The predicted octanol–water partition coefficient (Wildman–Crippen LogP) is 5.03. The van der Waals surface area contributed by atoms with Gasteiger partial charge < -0.3 is 5.32 Å². The van der Waals surface area contributed by atoms with E-state index in [1.807, 2.05) is 12.1 Å². The van der Waals surface area contributed by atoms with Gasteiger partial charge in [-0.05, 0) is 61.8 Å². The molecule has 2 heteroatoms. The van der Waals surface area contributed by atoms with E-state index < -0.39 is 0 Å². The second-order valence-corrected chi connectivity index (χ2v) is 6.48. The van der Waals surface area contributed by atoms with E-state index in [4.69, 9.17) is 11.6 Å². The summed E-state index contributed by atoms with van der Waals surface area (Å²) in [5.41, 5.74) is 3.01. The number of halogens is 1. The van der Waals surface area contributed by atoms with Crippen molar-refractivity contribution in [2.24, 2.45) is 5.41 Å². The van der Waals surface area contributed by atoms with Gasteiger partial charge in [0.2, 0.25) is 0 Å². The molecular formula is C15H22ClN. The number of hydrogen-bond acceptors (Lipinski definition) is 1. The summed E-state index contributed by atoms with van der Waals surface area (Å²) in [6.45, 7) is 6.86. The zero-order valence-electron chi connectivity index (χ0n) is 11.0. The Kier molecular flexibility index (Phi) is 3.67. The van der Waals surface area contributed by atoms with Crippen LogP contribution in [0, 0.1) is 12.3 Å². The fourth-order valence-corrected chi connectivity index (χ4v) is 2.78. The standard InChI is InChI=1S/C15H22ClN/c1-11-10-12(16)4-5-14(11)17-13-6-8-15(2,3)9-7-13/h4-5,10,13,17H,6-9H2,1-3H3. The van der Waals surface area contributed by atoms with E-state index in [9.17, 15) is 0 Å². The van der Waals surface area contributed by atoms with Crippen molar-refractivity contribution in [2.45, 2.75) is 52.5 Å². The van der Waals surface area contributed by atoms with Crippen LogP contribution in [0.25, 0.3) is 0 Å². The van der Waals surface area contributed by atoms with Crippen molar-refractivity contribution in [1.29, 1.82) is 0 Å². The van der Waals surface area contributed by atoms with Crippen LogP contribution in [0.3, 0.4) is 0 Å². The molecule has 0 unspecified atom stereocenters. The van der Waals surface area contributed by atoms with Gasteiger partial charge in [-0.25, -0.2) is 0 Å². The third-order valence-corrected chi connectivity index (χ3v) is 4.12. The lowest BCUT2D eigenvalue weighted by Gasteiger charge is -2.35. The molecular weight excluding hydrogens is 230 g/mol. The first-order valence-electron chi connectivity index (χ1n) is 6.49. The van der Waals surface area contributed by atoms with Gasteiger partial charge in [0.1, 0.15) is 0 Å². The minimum atomic E-state index is 0.535. The summed E-state index contributed by atoms with van der Waals surface area (Å²) >= 11 is 5.97. The summed E-state index contributed by atoms with van der Waals surface area (Å²) in [6, 6.07) is 6.71. The smallest absolute Gasteiger partial charge is 0.0410 e. The Morgan fingerprint density at radius 1 is 1.24 bits per heavy atom. The maximum absolute atomic E-state index is 5.97. The van der Waals surface area contributed by atoms with Crippen LogP contribution in [-0.4, -0.2) is 6.04 Å². The Bertz CT molecular complexity index is 388. The Labute approximate surface area is 110 Å². The molecule has 1 aromatic rings. The number of aryl methyl sites for hydroxylation is 1. The number of rotatable bonds is 2. The largest absolute Gasteiger partial charge is 0.382 e. The highest BCUT2D eigenvalue weighted by molar-refractivity contribution is 6.30. The van der Waals surface area contributed by atoms with Crippen LogP contribution in [0.2, 0.25) is 5.02 Å². The zero-order valence-corrected chi connectivity index (χ0v) is 11.8. The molecule has 1 aliphatic rings. The van der Waals surface area contributed by atoms with Crippen LogP contribution in [0.4, 0.5) is 5.69 Å². The molecule has 1 nitrogen and oxygen atoms in total. The maximum atomic E-state index is 5.97. The quantitative estimate of drug-likeness (QED) is 0.778. The highest BCUT2D eigenvalue weighted by atomic mass is 35.5. The van der Waals surface area contributed by atoms with Crippen LogP contribution in [-0.2, 0) is 0 Å². The van der Waals surface area contributed by atoms with Crippen molar-refractivity contribution in [3.63, 3.8) is 0 Å². The predicted molar refractivity (Wildman–Crippen MR) is 75.8 cm³/mol. The monoisotopic (exact) mass is 251 g/mol. The van der Waals surface area contributed by atoms with Gasteiger partial charge in [0.15, 0.2) is 0 Å². The average molecular weight is 252 g/mol. The third-order valence-electron chi connectivity index (χ3n) is 3.89. The molecule has 0 aliphatic heterocycles. The first-order valence-corrected chi connectivity index (χ1v) is 6.87. The molecule has 0 atom stereocenters. The van der Waals surface area contributed by atoms with E-state index in [2.05, 4.69) is 32.2 Å². The van der Waals surface area contributed by atoms with Crippen molar-refractivity contribution in [2.75, 3.05) is 5.32 Å². The summed E-state index contributed by atoms with van der Waals surface area (Å²) in [5.74, 6) is 0. The lowest BCUT2D eigenvalue weighted by Crippen LogP contribution is -2.30. The Morgan fingerprint density at radius 2 is 1.88 bits per heavy atom. The van der Waals surface area contributed by atoms with Gasteiger partial charge in [0.25, 0.3) is 0 Å². The van der Waals surface area contributed by atoms with Crippen LogP contribution in [0.15, 0.2) is 18.2 Å². The molecule has 1 aliphatic carbocycles. The summed E-state index contributed by atoms with van der Waals surface area (Å²) < 4.78 is 0. The summed E-state index contributed by atoms with van der Waals surface area (Å²) in [6.07, 6.45) is 5.18. The topological polar surface area (TPSA) is 12.0 Å². The number of benzene rings is 1. The van der Waals surface area contributed by atoms with Crippen molar-refractivity contribution in [1.82, 2.24) is 0 Å². The van der Waals surface area contributed by atoms with Crippen molar-refractivity contribution < 1.29 is 0 Å². The van der Waals surface area contributed by atoms with Crippen LogP contribution >= 0.6 is 11.6 Å². The lowest BCUT2D eigenvalue weighted by molar-refractivity contribution is 0.232. The summed E-state index contributed by atoms with van der Waals surface area (Å²) in [5, 5.41) is 4.47. The van der Waals surface area contributed by atoms with Gasteiger partial charge in [-0.3, -0.25) is 0 Å². The average Bonchev–Trinajstić information content (AvgIpc) is 2.25. The maximum Gasteiger partial charge on any atom is 0.0410 e. The van der Waals surface area contributed by atoms with Crippen molar-refractivity contribution >= 4 is 17.3 Å². The summed E-state index contributed by atoms with van der Waals surface area (Å²) in [4.78, 5) is 0. The third kappa shape index (κ3) is 3.38. The normalized spacial score (nSPS) is 20.2. The Morgan fingerprint density at radius 3 is 2.47 bits per heavy atom. The fourth-order valence-electron chi connectivity index (χ4n) is 2.55. The number of hydrogen-bond donors (Lipinski definition) is 1. The minimum Gasteiger partial charge on any atom is -0.382 e. The second kappa shape index (κ2) is 4.89. The van der Waals surface area contributed by atoms with Gasteiger partial charge in [-0.15, -0.1) is 0 Å². The molecule has 1 aromatic carbocycles. The fraction of sp³-hybridized carbons (Fsp3) is 0.600. The molecule has 1 fully saturated rings. The molecule has 0 aromatic heterocycles. The molecule has 2 rings (SSSR count). The second-order valence-electron chi connectivity index (χ2n) is 6.04. The Balaban J connectivity index is 1.98. The molecule has 0 heterocycles. The molecule has 17 heavy (non-hydrogen) atoms. The highest BCUT2D eigenvalue weighted by Gasteiger charge is 2.26. The van der Waals surface area contributed by atoms with Crippen LogP contribution in [0.1, 0.15) is 45.1 Å². The molecule has 1 saturated carbocycles. The van der Waals surface area contributed by atoms with Crippen LogP contribution in [0.5, 0.6) is 0 Å². The van der Waals surface area contributed by atoms with Gasteiger partial charge >= 0.3 is 0 Å². The lowest BCUT2D eigenvalue weighted by atomic mass is 9.75. The molecule has 0 bridgehead atoms. The first-order chi connectivity index (χ1) is 7.96. The van der Waals surface area contributed by atoms with Crippen molar-refractivity contribution in [3.8, 4) is 0 Å². The number of anilines is 1. The van der Waals surface area contributed by atoms with Crippen molar-refractivity contribution in [3.05, 3.63) is 28.8 Å². The minimum absolute atomic E-state index is 0.535. The molecule has 0 saturated heterocycles. The van der Waals surface area contributed by atoms with E-state index in [0.717, 1.165) is 5.02 Å². The zero-order chi connectivity index (χ0) is 12.5. The summed E-state index contributed by atoms with van der Waals surface area (Å²) in [7, 11) is 0. The SMILES string of the molecule is Cc1cc(Cl)ccc1NC1CCC(C)(C)CC1. The molecule has 0 spiro atoms. The van der Waals surface area contributed by atoms with E-state index in [1.165, 1.54) is 36.9 Å². The molecule has 0 radical (unpaired) electrons. The van der Waals surface area contributed by atoms with E-state index in [-0.39, 0.29) is 0 Å². The number of nitrogens with one attached hydrogen (secondary N) is 1. The van der Waals surface area contributed by atoms with Crippen LogP contribution < -0.4 is 5.32 Å². The van der Waals surface area contributed by atoms with E-state index in [0.29, 0.717) is 11.5 Å². The Hall–Kier alpha value is -0.690. The van der Waals surface area contributed by atoms with Gasteiger partial charge in [-0.2, -0.15) is 0 Å². The highest BCUT2D eigenvalue weighted by Crippen LogP contribution is 2.36. The first kappa shape index (κ1) is 12.8. The van der Waals surface area contributed by atoms with Gasteiger partial charge in [0, 0.05) is 16.8 Å². The molecule has 0 amide bonds. The molecule has 1 N–H and O–H groups in total. The van der Waals surface area contributed by atoms with E-state index in [1.54, 1.807) is 0 Å². The molecule has 94 valence electrons.